The van der Waals surface area contributed by atoms with Crippen molar-refractivity contribution in [1.29, 1.82) is 0 Å². The van der Waals surface area contributed by atoms with E-state index in [1.54, 1.807) is 18.4 Å². The van der Waals surface area contributed by atoms with Gasteiger partial charge < -0.3 is 20.5 Å². The van der Waals surface area contributed by atoms with Crippen LogP contribution < -0.4 is 11.2 Å². The fraction of sp³-hybridized carbons (Fsp3) is 0.186. The molecule has 0 fully saturated rings. The minimum Gasteiger partial charge on any atom is -0.477 e. The van der Waals surface area contributed by atoms with Crippen LogP contribution in [-0.4, -0.2) is 31.6 Å². The second kappa shape index (κ2) is 14.9. The zero-order chi connectivity index (χ0) is 36.0. The van der Waals surface area contributed by atoms with Crippen LogP contribution in [0.15, 0.2) is 145 Å². The van der Waals surface area contributed by atoms with Crippen molar-refractivity contribution < 1.29 is 15.0 Å². The molecule has 0 bridgehead atoms. The van der Waals surface area contributed by atoms with Crippen LogP contribution in [0.5, 0.6) is 0 Å². The minimum atomic E-state index is -1.39. The fourth-order valence-electron chi connectivity index (χ4n) is 6.62. The molecule has 8 nitrogen and oxygen atoms in total. The lowest BCUT2D eigenvalue weighted by Crippen LogP contribution is -2.43. The summed E-state index contributed by atoms with van der Waals surface area (Å²) in [4.78, 5) is 17.0. The van der Waals surface area contributed by atoms with Crippen molar-refractivity contribution in [2.24, 2.45) is 10.8 Å². The number of imidazole rings is 1. The van der Waals surface area contributed by atoms with E-state index in [9.17, 15) is 15.0 Å². The first-order valence-electron chi connectivity index (χ1n) is 17.1. The summed E-state index contributed by atoms with van der Waals surface area (Å²) in [7, 11) is 0. The predicted octanol–water partition coefficient (Wildman–Crippen LogP) is 7.68. The summed E-state index contributed by atoms with van der Waals surface area (Å²) in [5.41, 5.74) is 14.9. The molecule has 0 radical (unpaired) electrons. The van der Waals surface area contributed by atoms with Crippen LogP contribution in [0, 0.1) is 0 Å². The summed E-state index contributed by atoms with van der Waals surface area (Å²) in [5, 5.41) is 25.7. The lowest BCUT2D eigenvalue weighted by Gasteiger charge is -2.35. The van der Waals surface area contributed by atoms with Crippen LogP contribution in [0.3, 0.4) is 0 Å². The molecule has 6 aromatic rings. The summed E-state index contributed by atoms with van der Waals surface area (Å²) in [6.07, 6.45) is 1.38. The van der Waals surface area contributed by atoms with Gasteiger partial charge in [-0.15, -0.1) is 0 Å². The number of carboxylic acids is 1. The monoisotopic (exact) mass is 677 g/mol. The third-order valence-electron chi connectivity index (χ3n) is 9.08. The van der Waals surface area contributed by atoms with E-state index in [0.717, 1.165) is 45.4 Å². The van der Waals surface area contributed by atoms with Crippen molar-refractivity contribution in [3.05, 3.63) is 185 Å². The summed E-state index contributed by atoms with van der Waals surface area (Å²) in [6, 6.07) is 46.5. The third kappa shape index (κ3) is 7.18. The Morgan fingerprint density at radius 2 is 1.29 bits per heavy atom. The van der Waals surface area contributed by atoms with Gasteiger partial charge in [-0.25, -0.2) is 9.78 Å². The van der Waals surface area contributed by atoms with E-state index < -0.39 is 17.1 Å². The first kappa shape index (κ1) is 34.9. The van der Waals surface area contributed by atoms with E-state index >= 15 is 0 Å². The molecule has 0 aliphatic rings. The molecule has 0 unspecified atom stereocenters. The van der Waals surface area contributed by atoms with Crippen LogP contribution >= 0.6 is 0 Å². The Hall–Kier alpha value is -5.99. The molecule has 0 saturated heterocycles. The molecule has 0 atom stereocenters. The van der Waals surface area contributed by atoms with Crippen LogP contribution in [0.1, 0.15) is 77.0 Å². The van der Waals surface area contributed by atoms with E-state index in [4.69, 9.17) is 10.8 Å². The molecular formula is C43H43N5O3. The second-order valence-electron chi connectivity index (χ2n) is 13.1. The molecule has 51 heavy (non-hydrogen) atoms. The third-order valence-corrected chi connectivity index (χ3v) is 9.08. The molecule has 5 aromatic carbocycles. The predicted molar refractivity (Wildman–Crippen MR) is 202 cm³/mol. The fourth-order valence-corrected chi connectivity index (χ4v) is 6.62. The maximum Gasteiger partial charge on any atom is 0.354 e. The Kier molecular flexibility index (Phi) is 10.2. The number of hydrogen-bond acceptors (Lipinski definition) is 5. The number of nitrogens with two attached hydrogens (primary N) is 1. The zero-order valence-corrected chi connectivity index (χ0v) is 29.1. The largest absolute Gasteiger partial charge is 0.477 e. The van der Waals surface area contributed by atoms with Crippen molar-refractivity contribution in [2.75, 3.05) is 0 Å². The molecule has 0 amide bonds. The first-order valence-corrected chi connectivity index (χ1v) is 17.1. The summed E-state index contributed by atoms with van der Waals surface area (Å²) in [5.74, 6) is -0.156. The highest BCUT2D eigenvalue weighted by atomic mass is 16.4. The molecule has 8 heteroatoms. The van der Waals surface area contributed by atoms with E-state index in [0.29, 0.717) is 24.6 Å². The lowest BCUT2D eigenvalue weighted by atomic mass is 9.77. The maximum absolute atomic E-state index is 12.4. The Balaban J connectivity index is 1.36. The van der Waals surface area contributed by atoms with Gasteiger partial charge in [-0.2, -0.15) is 5.10 Å². The number of hydrogen-bond donors (Lipinski definition) is 4. The Bertz CT molecular complexity index is 2020. The van der Waals surface area contributed by atoms with Gasteiger partial charge in [0.2, 0.25) is 0 Å². The number of hydrazone groups is 1. The average Bonchev–Trinajstić information content (AvgIpc) is 3.52. The number of benzene rings is 5. The highest BCUT2D eigenvalue weighted by molar-refractivity contribution is 6.03. The van der Waals surface area contributed by atoms with Gasteiger partial charge in [0.25, 0.3) is 0 Å². The Morgan fingerprint density at radius 3 is 1.78 bits per heavy atom. The smallest absolute Gasteiger partial charge is 0.354 e. The second-order valence-corrected chi connectivity index (χ2v) is 13.1. The number of rotatable bonds is 13. The highest BCUT2D eigenvalue weighted by Gasteiger charge is 2.36. The number of aromatic carboxylic acids is 1. The van der Waals surface area contributed by atoms with Gasteiger partial charge in [0.05, 0.1) is 0 Å². The molecule has 0 saturated carbocycles. The van der Waals surface area contributed by atoms with Gasteiger partial charge in [-0.05, 0) is 53.6 Å². The van der Waals surface area contributed by atoms with Crippen molar-refractivity contribution in [3.8, 4) is 11.1 Å². The quantitative estimate of drug-likeness (QED) is 0.0430. The topological polar surface area (TPSA) is 126 Å². The summed E-state index contributed by atoms with van der Waals surface area (Å²) < 4.78 is 1.71. The normalized spacial score (nSPS) is 12.1. The highest BCUT2D eigenvalue weighted by Crippen LogP contribution is 2.37. The number of aliphatic hydroxyl groups is 1. The molecular weight excluding hydrogens is 635 g/mol. The van der Waals surface area contributed by atoms with Crippen molar-refractivity contribution in [3.63, 3.8) is 0 Å². The van der Waals surface area contributed by atoms with E-state index in [1.165, 1.54) is 0 Å². The van der Waals surface area contributed by atoms with Gasteiger partial charge in [0.1, 0.15) is 22.7 Å². The van der Waals surface area contributed by atoms with Crippen molar-refractivity contribution in [2.45, 2.75) is 51.3 Å². The summed E-state index contributed by atoms with van der Waals surface area (Å²) in [6.45, 7) is 5.44. The number of nitrogens with one attached hydrogen (secondary N) is 1. The molecule has 258 valence electrons. The van der Waals surface area contributed by atoms with Gasteiger partial charge in [0, 0.05) is 18.5 Å². The first-order chi connectivity index (χ1) is 24.6. The number of nitrogens with zero attached hydrogens (tertiary/aromatic N) is 3. The lowest BCUT2D eigenvalue weighted by molar-refractivity contribution is 0.0602. The van der Waals surface area contributed by atoms with Crippen LogP contribution in [-0.2, 0) is 24.1 Å². The number of amidine groups is 1. The summed E-state index contributed by atoms with van der Waals surface area (Å²) >= 11 is 0. The number of aryl methyl sites for hydroxylation is 1. The number of carbonyl (C=O) groups is 1. The molecule has 6 rings (SSSR count). The van der Waals surface area contributed by atoms with Crippen molar-refractivity contribution in [1.82, 2.24) is 15.0 Å². The molecule has 1 heterocycles. The van der Waals surface area contributed by atoms with Gasteiger partial charge in [-0.3, -0.25) is 5.43 Å². The van der Waals surface area contributed by atoms with E-state index in [-0.39, 0.29) is 11.4 Å². The SMILES string of the molecule is CCCc1nc(C(C)(C)O)c(C(=O)O)n1Cc1ccc(-c2ccccc2/C(N)=N/NC(c2ccccc2)(c2ccccc2)c2ccccc2)cc1. The van der Waals surface area contributed by atoms with Crippen molar-refractivity contribution >= 4 is 11.8 Å². The standard InChI is InChI=1S/C43H43N5O3/c1-4-16-37-45-39(42(2,3)51)38(41(49)50)48(37)29-30-25-27-31(28-26-30)35-23-14-15-24-36(35)40(44)46-47-43(32-17-8-5-9-18-32,33-19-10-6-11-20-33)34-21-12-7-13-22-34/h5-15,17-28,47,51H,4,16,29H2,1-3H3,(H2,44,46)(H,49,50). The van der Waals surface area contributed by atoms with Crippen LogP contribution in [0.25, 0.3) is 11.1 Å². The van der Waals surface area contributed by atoms with Crippen LogP contribution in [0.2, 0.25) is 0 Å². The number of aromatic nitrogens is 2. The Labute approximate surface area is 299 Å². The molecule has 0 spiro atoms. The van der Waals surface area contributed by atoms with Crippen LogP contribution in [0.4, 0.5) is 0 Å². The maximum atomic E-state index is 12.4. The number of carboxylic acid groups (broad SMARTS) is 1. The van der Waals surface area contributed by atoms with Gasteiger partial charge in [-0.1, -0.05) is 146 Å². The average molecular weight is 678 g/mol. The van der Waals surface area contributed by atoms with Gasteiger partial charge >= 0.3 is 5.97 Å². The van der Waals surface area contributed by atoms with E-state index in [2.05, 4.69) is 46.8 Å². The minimum absolute atomic E-state index is 0.00874. The molecule has 5 N–H and O–H groups in total. The Morgan fingerprint density at radius 1 is 0.784 bits per heavy atom. The molecule has 0 aliphatic carbocycles. The zero-order valence-electron chi connectivity index (χ0n) is 29.1. The van der Waals surface area contributed by atoms with E-state index in [1.807, 2.05) is 110 Å². The van der Waals surface area contributed by atoms with Gasteiger partial charge in [0.15, 0.2) is 11.5 Å². The molecule has 1 aromatic heterocycles. The molecule has 0 aliphatic heterocycles.